The highest BCUT2D eigenvalue weighted by Gasteiger charge is 2.43. The summed E-state index contributed by atoms with van der Waals surface area (Å²) in [7, 11) is 0. The molecule has 0 saturated carbocycles. The fourth-order valence-corrected chi connectivity index (χ4v) is 5.97. The summed E-state index contributed by atoms with van der Waals surface area (Å²) in [5.41, 5.74) is 8.18. The summed E-state index contributed by atoms with van der Waals surface area (Å²) in [5, 5.41) is 2.21. The zero-order valence-electron chi connectivity index (χ0n) is 20.4. The number of benzene rings is 5. The zero-order valence-corrected chi connectivity index (χ0v) is 20.4. The third kappa shape index (κ3) is 2.97. The fourth-order valence-electron chi connectivity index (χ4n) is 5.97. The highest BCUT2D eigenvalue weighted by Crippen LogP contribution is 2.51. The van der Waals surface area contributed by atoms with E-state index in [1.165, 1.54) is 12.1 Å². The molecule has 1 unspecified atom stereocenters. The van der Waals surface area contributed by atoms with Crippen LogP contribution >= 0.6 is 0 Å². The van der Waals surface area contributed by atoms with Gasteiger partial charge in [-0.1, -0.05) is 60.7 Å². The molecule has 1 aliphatic carbocycles. The van der Waals surface area contributed by atoms with Gasteiger partial charge in [-0.15, -0.1) is 0 Å². The number of halogens is 1. The Bertz CT molecular complexity index is 1850. The Labute approximate surface area is 219 Å². The molecule has 3 nitrogen and oxygen atoms in total. The summed E-state index contributed by atoms with van der Waals surface area (Å²) in [6, 6.07) is 36.3. The number of hydrogen-bond donors (Lipinski definition) is 0. The predicted molar refractivity (Wildman–Crippen MR) is 152 cm³/mol. The molecule has 8 rings (SSSR count). The molecule has 0 spiro atoms. The third-order valence-corrected chi connectivity index (χ3v) is 7.58. The molecule has 0 radical (unpaired) electrons. The van der Waals surface area contributed by atoms with Crippen molar-refractivity contribution < 1.29 is 9.13 Å². The molecule has 38 heavy (non-hydrogen) atoms. The van der Waals surface area contributed by atoms with Crippen molar-refractivity contribution in [3.05, 3.63) is 139 Å². The standard InChI is InChI=1S/C34H22FN2O/c35-23-17-19-25(20-18-23)36-28-13-5-4-11-26(28)27-12-6-8-22-16-21-31-34(32(22)27)38-33-29(36)14-7-15-30(33)37(31)24-9-2-1-3-10-24/h1-21,33H/q+1. The first-order chi connectivity index (χ1) is 18.8. The van der Waals surface area contributed by atoms with Crippen LogP contribution < -0.4 is 14.2 Å². The number of hydrogen-bond acceptors (Lipinski definition) is 2. The van der Waals surface area contributed by atoms with Gasteiger partial charge >= 0.3 is 0 Å². The third-order valence-electron chi connectivity index (χ3n) is 7.58. The Morgan fingerprint density at radius 1 is 0.737 bits per heavy atom. The Morgan fingerprint density at radius 2 is 1.53 bits per heavy atom. The second kappa shape index (κ2) is 8.02. The number of allylic oxidation sites excluding steroid dienone is 2. The maximum absolute atomic E-state index is 14.1. The first-order valence-corrected chi connectivity index (χ1v) is 12.8. The van der Waals surface area contributed by atoms with Gasteiger partial charge in [-0.25, -0.2) is 4.39 Å². The lowest BCUT2D eigenvalue weighted by atomic mass is 9.94. The lowest BCUT2D eigenvalue weighted by Crippen LogP contribution is -2.44. The summed E-state index contributed by atoms with van der Waals surface area (Å²) in [6.45, 7) is 0. The van der Waals surface area contributed by atoms with Gasteiger partial charge in [0.2, 0.25) is 23.2 Å². The summed E-state index contributed by atoms with van der Waals surface area (Å²) in [4.78, 5) is 2.31. The van der Waals surface area contributed by atoms with E-state index >= 15 is 0 Å². The van der Waals surface area contributed by atoms with Crippen LogP contribution in [-0.4, -0.2) is 11.8 Å². The molecule has 0 N–H and O–H groups in total. The first-order valence-electron chi connectivity index (χ1n) is 12.8. The maximum atomic E-state index is 14.1. The molecular formula is C34H22FN2O+. The van der Waals surface area contributed by atoms with Crippen molar-refractivity contribution in [1.82, 2.24) is 4.58 Å². The molecular weight excluding hydrogens is 471 g/mol. The number of fused-ring (bicyclic) bond motifs is 2. The van der Waals surface area contributed by atoms with Crippen LogP contribution in [0.25, 0.3) is 21.9 Å². The van der Waals surface area contributed by atoms with Crippen LogP contribution in [0.3, 0.4) is 0 Å². The minimum absolute atomic E-state index is 0.262. The Balaban J connectivity index is 1.56. The van der Waals surface area contributed by atoms with Gasteiger partial charge in [-0.05, 0) is 53.4 Å². The normalized spacial score (nSPS) is 16.9. The quantitative estimate of drug-likeness (QED) is 0.230. The zero-order chi connectivity index (χ0) is 25.2. The van der Waals surface area contributed by atoms with Crippen LogP contribution in [0.2, 0.25) is 0 Å². The van der Waals surface area contributed by atoms with Gasteiger partial charge in [0.05, 0.1) is 16.9 Å². The van der Waals surface area contributed by atoms with Crippen LogP contribution in [0.5, 0.6) is 5.75 Å². The SMILES string of the molecule is Fc1ccc([N+]2=C3C=CC=C4C3Oc3c(ccc5cccc(c35)-c3ccccc32)N4c2ccccc2)cc1. The van der Waals surface area contributed by atoms with E-state index in [4.69, 9.17) is 4.74 Å². The molecule has 4 heteroatoms. The molecule has 2 heterocycles. The highest BCUT2D eigenvalue weighted by atomic mass is 19.1. The number of nitrogens with zero attached hydrogens (tertiary/aromatic N) is 2. The van der Waals surface area contributed by atoms with E-state index in [0.717, 1.165) is 61.8 Å². The number of ether oxygens (including phenoxy) is 1. The van der Waals surface area contributed by atoms with Crippen LogP contribution in [0.4, 0.5) is 27.1 Å². The number of rotatable bonds is 2. The van der Waals surface area contributed by atoms with Gasteiger partial charge in [0, 0.05) is 35.3 Å². The van der Waals surface area contributed by atoms with Crippen LogP contribution in [0.1, 0.15) is 0 Å². The van der Waals surface area contributed by atoms with Gasteiger partial charge in [-0.3, -0.25) is 0 Å². The smallest absolute Gasteiger partial charge is 0.235 e. The molecule has 3 aliphatic rings. The molecule has 6 bridgehead atoms. The Kier molecular flexibility index (Phi) is 4.47. The van der Waals surface area contributed by atoms with Crippen LogP contribution in [-0.2, 0) is 0 Å². The summed E-state index contributed by atoms with van der Waals surface area (Å²) >= 11 is 0. The Hall–Kier alpha value is -4.96. The molecule has 0 aromatic heterocycles. The van der Waals surface area contributed by atoms with E-state index in [1.807, 2.05) is 18.2 Å². The number of anilines is 2. The maximum Gasteiger partial charge on any atom is 0.235 e. The van der Waals surface area contributed by atoms with E-state index in [-0.39, 0.29) is 11.9 Å². The first kappa shape index (κ1) is 21.2. The lowest BCUT2D eigenvalue weighted by molar-refractivity contribution is 0.291. The van der Waals surface area contributed by atoms with Crippen molar-refractivity contribution in [3.63, 3.8) is 0 Å². The topological polar surface area (TPSA) is 15.5 Å². The molecule has 2 aliphatic heterocycles. The van der Waals surface area contributed by atoms with E-state index in [0.29, 0.717) is 0 Å². The fraction of sp³-hybridized carbons (Fsp3) is 0.0294. The van der Waals surface area contributed by atoms with Gasteiger partial charge in [-0.2, -0.15) is 4.58 Å². The van der Waals surface area contributed by atoms with Gasteiger partial charge in [0.1, 0.15) is 5.82 Å². The molecule has 1 atom stereocenters. The van der Waals surface area contributed by atoms with E-state index in [1.54, 1.807) is 0 Å². The van der Waals surface area contributed by atoms with Gasteiger partial charge in [0.25, 0.3) is 0 Å². The van der Waals surface area contributed by atoms with Crippen molar-refractivity contribution in [1.29, 1.82) is 0 Å². The monoisotopic (exact) mass is 493 g/mol. The van der Waals surface area contributed by atoms with E-state index < -0.39 is 0 Å². The van der Waals surface area contributed by atoms with Crippen molar-refractivity contribution in [3.8, 4) is 16.9 Å². The van der Waals surface area contributed by atoms with Crippen molar-refractivity contribution in [2.45, 2.75) is 6.10 Å². The lowest BCUT2D eigenvalue weighted by Gasteiger charge is -2.39. The minimum Gasteiger partial charge on any atom is -0.470 e. The van der Waals surface area contributed by atoms with Gasteiger partial charge in [0.15, 0.2) is 5.75 Å². The Morgan fingerprint density at radius 3 is 2.39 bits per heavy atom. The van der Waals surface area contributed by atoms with Crippen LogP contribution in [0.15, 0.2) is 133 Å². The van der Waals surface area contributed by atoms with E-state index in [9.17, 15) is 4.39 Å². The van der Waals surface area contributed by atoms with Crippen LogP contribution in [0, 0.1) is 5.82 Å². The average molecular weight is 494 g/mol. The van der Waals surface area contributed by atoms with E-state index in [2.05, 4.69) is 107 Å². The second-order valence-corrected chi connectivity index (χ2v) is 9.69. The highest BCUT2D eigenvalue weighted by molar-refractivity contribution is 6.13. The molecule has 5 aromatic rings. The average Bonchev–Trinajstić information content (AvgIpc) is 3.02. The molecule has 5 aromatic carbocycles. The molecule has 0 fully saturated rings. The molecule has 0 amide bonds. The summed E-state index contributed by atoms with van der Waals surface area (Å²) in [6.07, 6.45) is 5.95. The van der Waals surface area contributed by atoms with Crippen molar-refractivity contribution >= 4 is 39.2 Å². The van der Waals surface area contributed by atoms with Gasteiger partial charge < -0.3 is 9.64 Å². The molecule has 180 valence electrons. The van der Waals surface area contributed by atoms with Crippen molar-refractivity contribution in [2.24, 2.45) is 0 Å². The largest absolute Gasteiger partial charge is 0.470 e. The number of para-hydroxylation sites is 2. The second-order valence-electron chi connectivity index (χ2n) is 9.69. The van der Waals surface area contributed by atoms with Crippen molar-refractivity contribution in [2.75, 3.05) is 4.90 Å². The molecule has 0 saturated heterocycles. The summed E-state index contributed by atoms with van der Waals surface area (Å²) < 4.78 is 23.3. The summed E-state index contributed by atoms with van der Waals surface area (Å²) in [5.74, 6) is 0.606. The predicted octanol–water partition coefficient (Wildman–Crippen LogP) is 8.29. The minimum atomic E-state index is -0.373.